The summed E-state index contributed by atoms with van der Waals surface area (Å²) in [5.41, 5.74) is 5.67. The normalized spacial score (nSPS) is 14.4. The minimum Gasteiger partial charge on any atom is -0.467 e. The monoisotopic (exact) mass is 489 g/mol. The van der Waals surface area contributed by atoms with E-state index < -0.39 is 18.1 Å². The molecule has 0 aliphatic carbocycles. The number of ether oxygens (including phenoxy) is 2. The predicted molar refractivity (Wildman–Crippen MR) is 147 cm³/mol. The fourth-order valence-corrected chi connectivity index (χ4v) is 3.58. The second-order valence-corrected chi connectivity index (χ2v) is 10.2. The third kappa shape index (κ3) is 17.7. The molecule has 0 saturated heterocycles. The fraction of sp³-hybridized carbons (Fsp3) is 0.667. The van der Waals surface area contributed by atoms with Gasteiger partial charge in [0.1, 0.15) is 12.1 Å². The number of carbonyl (C=O) groups is 2. The number of allylic oxidation sites excluding steroid dienone is 8. The lowest BCUT2D eigenvalue weighted by molar-refractivity contribution is -0.144. The van der Waals surface area contributed by atoms with E-state index in [0.29, 0.717) is 0 Å². The highest BCUT2D eigenvalue weighted by Crippen LogP contribution is 2.14. The van der Waals surface area contributed by atoms with Crippen molar-refractivity contribution in [3.63, 3.8) is 0 Å². The smallest absolute Gasteiger partial charge is 0.408 e. The molecule has 1 unspecified atom stereocenters. The summed E-state index contributed by atoms with van der Waals surface area (Å²) >= 11 is 0. The van der Waals surface area contributed by atoms with Crippen LogP contribution < -0.4 is 5.32 Å². The van der Waals surface area contributed by atoms with Gasteiger partial charge in [-0.15, -0.1) is 0 Å². The maximum atomic E-state index is 12.1. The van der Waals surface area contributed by atoms with Gasteiger partial charge in [-0.05, 0) is 98.8 Å². The molecule has 0 heterocycles. The van der Waals surface area contributed by atoms with Crippen LogP contribution in [0.5, 0.6) is 0 Å². The van der Waals surface area contributed by atoms with Crippen LogP contribution in [-0.2, 0) is 14.3 Å². The van der Waals surface area contributed by atoms with Crippen molar-refractivity contribution >= 4 is 12.1 Å². The second-order valence-electron chi connectivity index (χ2n) is 10.2. The average molecular weight is 490 g/mol. The van der Waals surface area contributed by atoms with Crippen molar-refractivity contribution in [2.45, 2.75) is 119 Å². The first-order chi connectivity index (χ1) is 16.5. The van der Waals surface area contributed by atoms with Gasteiger partial charge in [-0.3, -0.25) is 0 Å². The summed E-state index contributed by atoms with van der Waals surface area (Å²) in [6.45, 7) is 16.5. The standard InChI is InChI=1S/C30H51NO4/c1-22(2)14-10-15-24(5)16-11-17-25(6)18-12-19-26(7)20-13-21-27(8)35-30(33)31-28(23(3)4)29(32)34-9/h14,16,18,20,23,27-28H,10-13,15,17,19,21H2,1-9H3,(H,31,33)/b24-16+,25-18+,26-20+/t27?,28-/m0/s1. The van der Waals surface area contributed by atoms with Gasteiger partial charge in [-0.25, -0.2) is 9.59 Å². The molecule has 0 aromatic carbocycles. The number of hydrogen-bond acceptors (Lipinski definition) is 4. The van der Waals surface area contributed by atoms with Crippen LogP contribution >= 0.6 is 0 Å². The molecule has 1 amide bonds. The molecule has 200 valence electrons. The molecular formula is C30H51NO4. The van der Waals surface area contributed by atoms with Crippen LogP contribution in [0.2, 0.25) is 0 Å². The summed E-state index contributed by atoms with van der Waals surface area (Å²) in [4.78, 5) is 23.9. The number of rotatable bonds is 16. The summed E-state index contributed by atoms with van der Waals surface area (Å²) in [6, 6.07) is -0.703. The number of methoxy groups -OCH3 is 1. The van der Waals surface area contributed by atoms with E-state index in [0.717, 1.165) is 51.4 Å². The van der Waals surface area contributed by atoms with Crippen molar-refractivity contribution in [3.8, 4) is 0 Å². The Morgan fingerprint density at radius 1 is 0.743 bits per heavy atom. The van der Waals surface area contributed by atoms with Crippen LogP contribution in [0.3, 0.4) is 0 Å². The molecule has 1 N–H and O–H groups in total. The lowest BCUT2D eigenvalue weighted by Gasteiger charge is -2.21. The van der Waals surface area contributed by atoms with Gasteiger partial charge in [-0.1, -0.05) is 60.4 Å². The third-order valence-electron chi connectivity index (χ3n) is 5.92. The number of amides is 1. The highest BCUT2D eigenvalue weighted by atomic mass is 16.6. The zero-order valence-corrected chi connectivity index (χ0v) is 23.8. The predicted octanol–water partition coefficient (Wildman–Crippen LogP) is 8.22. The van der Waals surface area contributed by atoms with Crippen LogP contribution in [-0.4, -0.2) is 31.3 Å². The Morgan fingerprint density at radius 2 is 1.20 bits per heavy atom. The van der Waals surface area contributed by atoms with E-state index in [9.17, 15) is 9.59 Å². The molecule has 0 aliphatic rings. The van der Waals surface area contributed by atoms with Crippen LogP contribution in [0.1, 0.15) is 107 Å². The number of hydrogen-bond donors (Lipinski definition) is 1. The number of carbonyl (C=O) groups excluding carboxylic acids is 2. The van der Waals surface area contributed by atoms with Crippen LogP contribution in [0.15, 0.2) is 46.6 Å². The van der Waals surface area contributed by atoms with E-state index in [1.54, 1.807) is 0 Å². The van der Waals surface area contributed by atoms with E-state index in [1.807, 2.05) is 20.8 Å². The van der Waals surface area contributed by atoms with Crippen LogP contribution in [0, 0.1) is 5.92 Å². The lowest BCUT2D eigenvalue weighted by atomic mass is 10.0. The SMILES string of the molecule is COC(=O)[C@@H](NC(=O)OC(C)CC/C=C(\C)CC/C=C(\C)CC/C=C(\C)CCC=C(C)C)C(C)C. The molecule has 0 aliphatic heterocycles. The maximum absolute atomic E-state index is 12.1. The molecule has 5 heteroatoms. The Balaban J connectivity index is 4.25. The summed E-state index contributed by atoms with van der Waals surface area (Å²) in [5, 5.41) is 2.61. The van der Waals surface area contributed by atoms with Gasteiger partial charge in [0.15, 0.2) is 0 Å². The molecule has 0 aromatic rings. The zero-order valence-electron chi connectivity index (χ0n) is 23.8. The minimum atomic E-state index is -0.703. The maximum Gasteiger partial charge on any atom is 0.408 e. The highest BCUT2D eigenvalue weighted by Gasteiger charge is 2.26. The highest BCUT2D eigenvalue weighted by molar-refractivity contribution is 5.81. The Bertz CT molecular complexity index is 754. The average Bonchev–Trinajstić information content (AvgIpc) is 2.76. The van der Waals surface area contributed by atoms with Crippen LogP contribution in [0.4, 0.5) is 4.79 Å². The molecular weight excluding hydrogens is 438 g/mol. The molecule has 0 aromatic heterocycles. The molecule has 0 radical (unpaired) electrons. The van der Waals surface area contributed by atoms with Gasteiger partial charge in [-0.2, -0.15) is 0 Å². The summed E-state index contributed by atoms with van der Waals surface area (Å²) in [5.74, 6) is -0.541. The van der Waals surface area contributed by atoms with Gasteiger partial charge in [0, 0.05) is 0 Å². The summed E-state index contributed by atoms with van der Waals surface area (Å²) in [7, 11) is 1.31. The van der Waals surface area contributed by atoms with Crippen molar-refractivity contribution in [1.82, 2.24) is 5.32 Å². The van der Waals surface area contributed by atoms with E-state index >= 15 is 0 Å². The Morgan fingerprint density at radius 3 is 1.63 bits per heavy atom. The minimum absolute atomic E-state index is 0.0771. The lowest BCUT2D eigenvalue weighted by Crippen LogP contribution is -2.45. The number of esters is 1. The largest absolute Gasteiger partial charge is 0.467 e. The first-order valence-electron chi connectivity index (χ1n) is 13.1. The Hall–Kier alpha value is -2.30. The third-order valence-corrected chi connectivity index (χ3v) is 5.92. The van der Waals surface area contributed by atoms with E-state index in [2.05, 4.69) is 64.2 Å². The molecule has 35 heavy (non-hydrogen) atoms. The molecule has 2 atom stereocenters. The van der Waals surface area contributed by atoms with Gasteiger partial charge >= 0.3 is 12.1 Å². The molecule has 0 fully saturated rings. The second kappa shape index (κ2) is 19.0. The molecule has 0 saturated carbocycles. The van der Waals surface area contributed by atoms with E-state index in [-0.39, 0.29) is 12.0 Å². The van der Waals surface area contributed by atoms with Gasteiger partial charge in [0.25, 0.3) is 0 Å². The van der Waals surface area contributed by atoms with E-state index in [4.69, 9.17) is 9.47 Å². The van der Waals surface area contributed by atoms with E-state index in [1.165, 1.54) is 29.4 Å². The quantitative estimate of drug-likeness (QED) is 0.175. The Labute approximate surface area is 215 Å². The van der Waals surface area contributed by atoms with Gasteiger partial charge in [0.2, 0.25) is 0 Å². The van der Waals surface area contributed by atoms with Crippen molar-refractivity contribution in [1.29, 1.82) is 0 Å². The van der Waals surface area contributed by atoms with Crippen molar-refractivity contribution < 1.29 is 19.1 Å². The van der Waals surface area contributed by atoms with Gasteiger partial charge < -0.3 is 14.8 Å². The van der Waals surface area contributed by atoms with Crippen molar-refractivity contribution in [2.75, 3.05) is 7.11 Å². The van der Waals surface area contributed by atoms with Gasteiger partial charge in [0.05, 0.1) is 7.11 Å². The topological polar surface area (TPSA) is 64.6 Å². The number of nitrogens with one attached hydrogen (secondary N) is 1. The molecule has 0 rings (SSSR count). The first-order valence-corrected chi connectivity index (χ1v) is 13.1. The van der Waals surface area contributed by atoms with Crippen molar-refractivity contribution in [3.05, 3.63) is 46.6 Å². The first kappa shape index (κ1) is 32.7. The molecule has 5 nitrogen and oxygen atoms in total. The zero-order chi connectivity index (χ0) is 26.8. The Kier molecular flexibility index (Phi) is 17.7. The summed E-state index contributed by atoms with van der Waals surface area (Å²) in [6.07, 6.45) is 16.7. The molecule has 0 bridgehead atoms. The summed E-state index contributed by atoms with van der Waals surface area (Å²) < 4.78 is 10.1. The van der Waals surface area contributed by atoms with Crippen LogP contribution in [0.25, 0.3) is 0 Å². The number of alkyl carbamates (subject to hydrolysis) is 1. The van der Waals surface area contributed by atoms with Crippen molar-refractivity contribution in [2.24, 2.45) is 5.92 Å². The molecule has 0 spiro atoms. The fourth-order valence-electron chi connectivity index (χ4n) is 3.58.